The van der Waals surface area contributed by atoms with Crippen LogP contribution in [-0.4, -0.2) is 5.91 Å². The molecule has 0 fully saturated rings. The number of rotatable bonds is 1. The molecule has 11 heavy (non-hydrogen) atoms. The summed E-state index contributed by atoms with van der Waals surface area (Å²) in [7, 11) is 2.49. The highest BCUT2D eigenvalue weighted by atomic mass is 31.0. The molecule has 0 aliphatic carbocycles. The molecule has 0 aromatic heterocycles. The molecule has 0 spiro atoms. The third kappa shape index (κ3) is 1.78. The summed E-state index contributed by atoms with van der Waals surface area (Å²) < 4.78 is 0. The second kappa shape index (κ2) is 3.02. The van der Waals surface area contributed by atoms with E-state index in [9.17, 15) is 4.79 Å². The number of hydrogen-bond donors (Lipinski definition) is 1. The maximum atomic E-state index is 10.7. The van der Waals surface area contributed by atoms with Crippen LogP contribution in [0, 0.1) is 6.92 Å². The Morgan fingerprint density at radius 1 is 1.55 bits per heavy atom. The summed E-state index contributed by atoms with van der Waals surface area (Å²) in [5, 5.41) is 0.859. The molecule has 2 N–H and O–H groups in total. The Balaban J connectivity index is 3.20. The van der Waals surface area contributed by atoms with Crippen molar-refractivity contribution in [3.8, 4) is 0 Å². The Labute approximate surface area is 68.0 Å². The second-order valence-corrected chi connectivity index (χ2v) is 3.08. The Hall–Kier alpha value is -0.880. The molecule has 1 aromatic rings. The van der Waals surface area contributed by atoms with E-state index in [4.69, 9.17) is 5.73 Å². The van der Waals surface area contributed by atoms with E-state index in [1.807, 2.05) is 19.1 Å². The molecule has 1 aromatic carbocycles. The summed E-state index contributed by atoms with van der Waals surface area (Å²) in [4.78, 5) is 10.7. The summed E-state index contributed by atoms with van der Waals surface area (Å²) in [5.41, 5.74) is 6.81. The predicted octanol–water partition coefficient (Wildman–Crippen LogP) is 0.594. The smallest absolute Gasteiger partial charge is 0.249 e. The van der Waals surface area contributed by atoms with Gasteiger partial charge in [0.25, 0.3) is 0 Å². The fraction of sp³-hybridized carbons (Fsp3) is 0.125. The molecule has 0 saturated carbocycles. The van der Waals surface area contributed by atoms with Gasteiger partial charge in [-0.25, -0.2) is 0 Å². The first kappa shape index (κ1) is 8.22. The first-order chi connectivity index (χ1) is 5.11. The van der Waals surface area contributed by atoms with Gasteiger partial charge in [0.2, 0.25) is 5.91 Å². The van der Waals surface area contributed by atoms with Crippen molar-refractivity contribution in [2.24, 2.45) is 5.73 Å². The van der Waals surface area contributed by atoms with Crippen LogP contribution in [0.2, 0.25) is 0 Å². The first-order valence-electron chi connectivity index (χ1n) is 3.27. The fourth-order valence-electron chi connectivity index (χ4n) is 0.907. The van der Waals surface area contributed by atoms with E-state index in [2.05, 4.69) is 9.24 Å². The average Bonchev–Trinajstić information content (AvgIpc) is 1.85. The minimum atomic E-state index is -0.380. The van der Waals surface area contributed by atoms with Crippen molar-refractivity contribution in [2.45, 2.75) is 6.92 Å². The molecule has 58 valence electrons. The molecule has 1 amide bonds. The van der Waals surface area contributed by atoms with E-state index in [1.54, 1.807) is 6.07 Å². The molecular weight excluding hydrogens is 157 g/mol. The maximum absolute atomic E-state index is 10.7. The lowest BCUT2D eigenvalue weighted by Crippen LogP contribution is -2.17. The lowest BCUT2D eigenvalue weighted by Gasteiger charge is -2.00. The average molecular weight is 167 g/mol. The van der Waals surface area contributed by atoms with Crippen LogP contribution < -0.4 is 11.0 Å². The van der Waals surface area contributed by atoms with Gasteiger partial charge < -0.3 is 5.73 Å². The zero-order valence-corrected chi connectivity index (χ0v) is 7.45. The van der Waals surface area contributed by atoms with E-state index in [-0.39, 0.29) is 5.91 Å². The normalized spacial score (nSPS) is 9.64. The highest BCUT2D eigenvalue weighted by Gasteiger charge is 2.02. The van der Waals surface area contributed by atoms with Gasteiger partial charge in [0.05, 0.1) is 0 Å². The summed E-state index contributed by atoms with van der Waals surface area (Å²) in [6, 6.07) is 5.51. The molecule has 0 aliphatic heterocycles. The summed E-state index contributed by atoms with van der Waals surface area (Å²) in [6.07, 6.45) is 0. The SMILES string of the molecule is Cc1ccc(C(N)=O)c(P)c1. The maximum Gasteiger partial charge on any atom is 0.249 e. The molecule has 2 nitrogen and oxygen atoms in total. The van der Waals surface area contributed by atoms with Gasteiger partial charge in [-0.15, -0.1) is 9.24 Å². The number of hydrogen-bond acceptors (Lipinski definition) is 1. The summed E-state index contributed by atoms with van der Waals surface area (Å²) in [5.74, 6) is -0.380. The molecule has 1 atom stereocenters. The third-order valence-electron chi connectivity index (χ3n) is 1.47. The van der Waals surface area contributed by atoms with Crippen molar-refractivity contribution >= 4 is 20.5 Å². The number of benzene rings is 1. The van der Waals surface area contributed by atoms with Gasteiger partial charge in [-0.3, -0.25) is 4.79 Å². The Morgan fingerprint density at radius 2 is 2.18 bits per heavy atom. The topological polar surface area (TPSA) is 43.1 Å². The van der Waals surface area contributed by atoms with Gasteiger partial charge in [0.15, 0.2) is 0 Å². The minimum Gasteiger partial charge on any atom is -0.366 e. The number of primary amides is 1. The van der Waals surface area contributed by atoms with E-state index in [1.165, 1.54) is 0 Å². The minimum absolute atomic E-state index is 0.380. The van der Waals surface area contributed by atoms with Crippen molar-refractivity contribution in [3.63, 3.8) is 0 Å². The largest absolute Gasteiger partial charge is 0.366 e. The van der Waals surface area contributed by atoms with Gasteiger partial charge in [-0.1, -0.05) is 17.7 Å². The lowest BCUT2D eigenvalue weighted by molar-refractivity contribution is 0.100. The number of amides is 1. The van der Waals surface area contributed by atoms with E-state index < -0.39 is 0 Å². The van der Waals surface area contributed by atoms with Gasteiger partial charge in [-0.2, -0.15) is 0 Å². The molecule has 0 aliphatic rings. The summed E-state index contributed by atoms with van der Waals surface area (Å²) >= 11 is 0. The van der Waals surface area contributed by atoms with Crippen LogP contribution in [0.25, 0.3) is 0 Å². The highest BCUT2D eigenvalue weighted by molar-refractivity contribution is 7.27. The summed E-state index contributed by atoms with van der Waals surface area (Å²) in [6.45, 7) is 1.97. The van der Waals surface area contributed by atoms with Crippen molar-refractivity contribution in [1.82, 2.24) is 0 Å². The van der Waals surface area contributed by atoms with Gasteiger partial charge >= 0.3 is 0 Å². The first-order valence-corrected chi connectivity index (χ1v) is 3.85. The Morgan fingerprint density at radius 3 is 2.64 bits per heavy atom. The highest BCUT2D eigenvalue weighted by Crippen LogP contribution is 2.03. The molecule has 0 bridgehead atoms. The van der Waals surface area contributed by atoms with Gasteiger partial charge in [-0.05, 0) is 18.3 Å². The Kier molecular flexibility index (Phi) is 2.25. The third-order valence-corrected chi connectivity index (χ3v) is 1.95. The van der Waals surface area contributed by atoms with E-state index >= 15 is 0 Å². The van der Waals surface area contributed by atoms with E-state index in [0.717, 1.165) is 10.9 Å². The van der Waals surface area contributed by atoms with Crippen LogP contribution in [0.15, 0.2) is 18.2 Å². The van der Waals surface area contributed by atoms with Gasteiger partial charge in [0, 0.05) is 5.56 Å². The second-order valence-electron chi connectivity index (χ2n) is 2.45. The zero-order chi connectivity index (χ0) is 8.43. The van der Waals surface area contributed by atoms with Crippen LogP contribution in [0.1, 0.15) is 15.9 Å². The van der Waals surface area contributed by atoms with Crippen LogP contribution in [0.4, 0.5) is 0 Å². The molecule has 0 saturated heterocycles. The van der Waals surface area contributed by atoms with Crippen molar-refractivity contribution in [1.29, 1.82) is 0 Å². The van der Waals surface area contributed by atoms with Crippen molar-refractivity contribution in [2.75, 3.05) is 0 Å². The van der Waals surface area contributed by atoms with Crippen LogP contribution >= 0.6 is 9.24 Å². The van der Waals surface area contributed by atoms with Crippen LogP contribution in [0.3, 0.4) is 0 Å². The van der Waals surface area contributed by atoms with Gasteiger partial charge in [0.1, 0.15) is 0 Å². The molecule has 1 unspecified atom stereocenters. The molecule has 0 heterocycles. The number of aryl methyl sites for hydroxylation is 1. The van der Waals surface area contributed by atoms with E-state index in [0.29, 0.717) is 5.56 Å². The fourth-order valence-corrected chi connectivity index (χ4v) is 1.41. The van der Waals surface area contributed by atoms with Crippen LogP contribution in [0.5, 0.6) is 0 Å². The van der Waals surface area contributed by atoms with Crippen molar-refractivity contribution < 1.29 is 4.79 Å². The lowest BCUT2D eigenvalue weighted by atomic mass is 10.1. The zero-order valence-electron chi connectivity index (χ0n) is 6.29. The number of nitrogens with two attached hydrogens (primary N) is 1. The standard InChI is InChI=1S/C8H10NOP/c1-5-2-3-6(8(9)10)7(11)4-5/h2-4H,11H2,1H3,(H2,9,10). The monoisotopic (exact) mass is 167 g/mol. The predicted molar refractivity (Wildman–Crippen MR) is 49.0 cm³/mol. The van der Waals surface area contributed by atoms with Crippen molar-refractivity contribution in [3.05, 3.63) is 29.3 Å². The quantitative estimate of drug-likeness (QED) is 0.611. The molecular formula is C8H10NOP. The molecule has 3 heteroatoms. The number of carbonyl (C=O) groups is 1. The number of carbonyl (C=O) groups excluding carboxylic acids is 1. The van der Waals surface area contributed by atoms with Crippen LogP contribution in [-0.2, 0) is 0 Å². The Bertz CT molecular complexity index is 296. The molecule has 1 rings (SSSR count). The molecule has 0 radical (unpaired) electrons.